The lowest BCUT2D eigenvalue weighted by Gasteiger charge is -2.48. The van der Waals surface area contributed by atoms with Crippen molar-refractivity contribution in [2.24, 2.45) is 5.92 Å². The van der Waals surface area contributed by atoms with Crippen LogP contribution in [0.4, 0.5) is 13.2 Å². The molecule has 0 radical (unpaired) electrons. The van der Waals surface area contributed by atoms with Gasteiger partial charge in [-0.15, -0.1) is 5.53 Å². The second-order valence-corrected chi connectivity index (χ2v) is 6.97. The van der Waals surface area contributed by atoms with Crippen LogP contribution in [-0.4, -0.2) is 53.3 Å². The minimum absolute atomic E-state index is 0.118. The van der Waals surface area contributed by atoms with Gasteiger partial charge in [0.05, 0.1) is 17.7 Å². The number of piperidine rings is 1. The van der Waals surface area contributed by atoms with E-state index in [1.54, 1.807) is 5.01 Å². The number of halogens is 3. The highest BCUT2D eigenvalue weighted by Crippen LogP contribution is 2.41. The molecule has 2 heterocycles. The van der Waals surface area contributed by atoms with Crippen molar-refractivity contribution < 1.29 is 13.2 Å². The number of likely N-dealkylation sites (tertiary alicyclic amines) is 1. The summed E-state index contributed by atoms with van der Waals surface area (Å²) in [5.41, 5.74) is 3.78. The number of hydrazine groups is 2. The molecule has 0 aliphatic carbocycles. The normalized spacial score (nSPS) is 29.0. The maximum Gasteiger partial charge on any atom is 0.391 e. The molecule has 2 atom stereocenters. The topological polar surface area (TPSA) is 21.8 Å². The molecule has 4 nitrogen and oxygen atoms in total. The number of hydrogen-bond acceptors (Lipinski definition) is 4. The fourth-order valence-electron chi connectivity index (χ4n) is 3.26. The van der Waals surface area contributed by atoms with Crippen molar-refractivity contribution in [3.8, 4) is 0 Å². The molecule has 0 amide bonds. The van der Waals surface area contributed by atoms with E-state index in [4.69, 9.17) is 0 Å². The highest BCUT2D eigenvalue weighted by molar-refractivity contribution is 5.14. The fourth-order valence-corrected chi connectivity index (χ4v) is 3.26. The Morgan fingerprint density at radius 3 is 2.24 bits per heavy atom. The predicted molar refractivity (Wildman–Crippen MR) is 75.8 cm³/mol. The lowest BCUT2D eigenvalue weighted by Crippen LogP contribution is -2.56. The highest BCUT2D eigenvalue weighted by atomic mass is 19.4. The minimum atomic E-state index is -4.11. The molecule has 0 unspecified atom stereocenters. The third kappa shape index (κ3) is 3.45. The van der Waals surface area contributed by atoms with E-state index >= 15 is 0 Å². The Hall–Kier alpha value is -0.950. The van der Waals surface area contributed by atoms with E-state index in [2.05, 4.69) is 31.2 Å². The molecule has 2 aliphatic heterocycles. The molecule has 1 N–H and O–H groups in total. The van der Waals surface area contributed by atoms with Crippen LogP contribution in [0.1, 0.15) is 33.6 Å². The standard InChI is InChI=1S/C14H25F3N4/c1-13(2,3)21-7-6-10(14(15,16)17)8-11(21)12-9-19(4)18-20(12)5/h9-11,18H,6-8H2,1-5H3/t10-,11+/m1/s1. The molecule has 1 saturated heterocycles. The van der Waals surface area contributed by atoms with E-state index in [0.29, 0.717) is 6.54 Å². The molecule has 21 heavy (non-hydrogen) atoms. The zero-order valence-corrected chi connectivity index (χ0v) is 13.3. The number of nitrogens with zero attached hydrogens (tertiary/aromatic N) is 3. The molecule has 0 aromatic heterocycles. The minimum Gasteiger partial charge on any atom is -0.299 e. The largest absolute Gasteiger partial charge is 0.391 e. The van der Waals surface area contributed by atoms with Gasteiger partial charge < -0.3 is 0 Å². The third-order valence-corrected chi connectivity index (χ3v) is 4.29. The Morgan fingerprint density at radius 1 is 1.19 bits per heavy atom. The SMILES string of the molecule is CN1C=C([C@@H]2C[C@H](C(F)(F)F)CCN2C(C)(C)C)N(C)N1. The second kappa shape index (κ2) is 5.35. The van der Waals surface area contributed by atoms with Crippen LogP contribution in [0.3, 0.4) is 0 Å². The van der Waals surface area contributed by atoms with Crippen molar-refractivity contribution in [2.75, 3.05) is 20.6 Å². The van der Waals surface area contributed by atoms with Crippen LogP contribution in [0, 0.1) is 5.92 Å². The monoisotopic (exact) mass is 306 g/mol. The maximum atomic E-state index is 13.1. The van der Waals surface area contributed by atoms with Crippen LogP contribution in [0.25, 0.3) is 0 Å². The number of nitrogens with one attached hydrogen (secondary N) is 1. The first-order valence-electron chi connectivity index (χ1n) is 7.28. The summed E-state index contributed by atoms with van der Waals surface area (Å²) in [4.78, 5) is 2.18. The molecule has 2 aliphatic rings. The van der Waals surface area contributed by atoms with Gasteiger partial charge in [0.2, 0.25) is 0 Å². The zero-order chi connectivity index (χ0) is 16.0. The van der Waals surface area contributed by atoms with Crippen LogP contribution in [-0.2, 0) is 0 Å². The van der Waals surface area contributed by atoms with Gasteiger partial charge in [-0.05, 0) is 40.2 Å². The van der Waals surface area contributed by atoms with E-state index in [-0.39, 0.29) is 24.4 Å². The average Bonchev–Trinajstić information content (AvgIpc) is 2.65. The van der Waals surface area contributed by atoms with Crippen molar-refractivity contribution in [3.63, 3.8) is 0 Å². The first-order chi connectivity index (χ1) is 9.50. The molecule has 0 spiro atoms. The average molecular weight is 306 g/mol. The number of hydrogen-bond donors (Lipinski definition) is 1. The Labute approximate surface area is 124 Å². The Balaban J connectivity index is 2.28. The molecule has 0 bridgehead atoms. The lowest BCUT2D eigenvalue weighted by molar-refractivity contribution is -0.192. The Morgan fingerprint density at radius 2 is 1.81 bits per heavy atom. The quantitative estimate of drug-likeness (QED) is 0.804. The van der Waals surface area contributed by atoms with Gasteiger partial charge in [-0.25, -0.2) is 0 Å². The predicted octanol–water partition coefficient (Wildman–Crippen LogP) is 2.57. The molecule has 7 heteroatoms. The van der Waals surface area contributed by atoms with Gasteiger partial charge in [0.1, 0.15) is 0 Å². The summed E-state index contributed by atoms with van der Waals surface area (Å²) >= 11 is 0. The smallest absolute Gasteiger partial charge is 0.299 e. The first kappa shape index (κ1) is 16.4. The summed E-state index contributed by atoms with van der Waals surface area (Å²) in [6, 6.07) is -0.229. The molecule has 0 saturated carbocycles. The number of rotatable bonds is 1. The van der Waals surface area contributed by atoms with Crippen LogP contribution in [0.5, 0.6) is 0 Å². The number of alkyl halides is 3. The summed E-state index contributed by atoms with van der Waals surface area (Å²) in [7, 11) is 3.68. The van der Waals surface area contributed by atoms with E-state index in [0.717, 1.165) is 5.70 Å². The van der Waals surface area contributed by atoms with E-state index < -0.39 is 12.1 Å². The summed E-state index contributed by atoms with van der Waals surface area (Å²) in [5, 5.41) is 3.58. The third-order valence-electron chi connectivity index (χ3n) is 4.29. The molecule has 1 fully saturated rings. The first-order valence-corrected chi connectivity index (χ1v) is 7.28. The highest BCUT2D eigenvalue weighted by Gasteiger charge is 2.48. The van der Waals surface area contributed by atoms with E-state index in [1.807, 2.05) is 25.3 Å². The van der Waals surface area contributed by atoms with Crippen LogP contribution in [0.2, 0.25) is 0 Å². The molecule has 122 valence electrons. The summed E-state index contributed by atoms with van der Waals surface area (Å²) < 4.78 is 39.4. The fraction of sp³-hybridized carbons (Fsp3) is 0.857. The molecule has 2 rings (SSSR count). The lowest BCUT2D eigenvalue weighted by atomic mass is 9.85. The van der Waals surface area contributed by atoms with Crippen molar-refractivity contribution >= 4 is 0 Å². The maximum absolute atomic E-state index is 13.1. The number of likely N-dealkylation sites (N-methyl/N-ethyl adjacent to an activating group) is 1. The van der Waals surface area contributed by atoms with Gasteiger partial charge in [0, 0.05) is 25.8 Å². The van der Waals surface area contributed by atoms with E-state index in [1.165, 1.54) is 0 Å². The summed E-state index contributed by atoms with van der Waals surface area (Å²) in [6.07, 6.45) is -1.94. The molecular formula is C14H25F3N4. The van der Waals surface area contributed by atoms with Crippen LogP contribution < -0.4 is 5.53 Å². The van der Waals surface area contributed by atoms with E-state index in [9.17, 15) is 13.2 Å². The van der Waals surface area contributed by atoms with Crippen LogP contribution in [0.15, 0.2) is 11.9 Å². The Kier molecular flexibility index (Phi) is 4.19. The van der Waals surface area contributed by atoms with Gasteiger partial charge in [-0.3, -0.25) is 14.9 Å². The zero-order valence-electron chi connectivity index (χ0n) is 13.3. The van der Waals surface area contributed by atoms with Crippen molar-refractivity contribution in [2.45, 2.75) is 51.4 Å². The molecule has 0 aromatic rings. The van der Waals surface area contributed by atoms with Gasteiger partial charge in [-0.1, -0.05) is 0 Å². The van der Waals surface area contributed by atoms with Crippen LogP contribution >= 0.6 is 0 Å². The van der Waals surface area contributed by atoms with Crippen molar-refractivity contribution in [3.05, 3.63) is 11.9 Å². The van der Waals surface area contributed by atoms with Gasteiger partial charge in [0.15, 0.2) is 0 Å². The molecule has 0 aromatic carbocycles. The van der Waals surface area contributed by atoms with Gasteiger partial charge >= 0.3 is 6.18 Å². The summed E-state index contributed by atoms with van der Waals surface area (Å²) in [6.45, 7) is 6.63. The van der Waals surface area contributed by atoms with Gasteiger partial charge in [-0.2, -0.15) is 13.2 Å². The van der Waals surface area contributed by atoms with Crippen molar-refractivity contribution in [1.82, 2.24) is 20.5 Å². The second-order valence-electron chi connectivity index (χ2n) is 6.97. The molecular weight excluding hydrogens is 281 g/mol. The summed E-state index contributed by atoms with van der Waals surface area (Å²) in [5.74, 6) is -1.22. The van der Waals surface area contributed by atoms with Gasteiger partial charge in [0.25, 0.3) is 0 Å². The Bertz CT molecular complexity index is 413. The van der Waals surface area contributed by atoms with Crippen molar-refractivity contribution in [1.29, 1.82) is 0 Å².